The third-order valence-corrected chi connectivity index (χ3v) is 2.48. The van der Waals surface area contributed by atoms with Crippen molar-refractivity contribution in [2.75, 3.05) is 0 Å². The molecule has 0 aliphatic carbocycles. The molecule has 0 saturated carbocycles. The van der Waals surface area contributed by atoms with Crippen molar-refractivity contribution in [3.05, 3.63) is 58.9 Å². The maximum Gasteiger partial charge on any atom is 0.131 e. The Bertz CT molecular complexity index is 488. The highest BCUT2D eigenvalue weighted by atomic mass is 35.5. The Morgan fingerprint density at radius 1 is 0.750 bits per heavy atom. The zero-order valence-electron chi connectivity index (χ0n) is 7.98. The molecule has 0 bridgehead atoms. The molecule has 2 rings (SSSR count). The van der Waals surface area contributed by atoms with E-state index in [4.69, 9.17) is 11.6 Å². The highest BCUT2D eigenvalue weighted by molar-refractivity contribution is 6.33. The molecule has 82 valence electrons. The van der Waals surface area contributed by atoms with Gasteiger partial charge in [-0.1, -0.05) is 11.6 Å². The monoisotopic (exact) mass is 242 g/mol. The van der Waals surface area contributed by atoms with Crippen LogP contribution in [-0.4, -0.2) is 0 Å². The first-order valence-electron chi connectivity index (χ1n) is 4.48. The van der Waals surface area contributed by atoms with Crippen LogP contribution in [-0.2, 0) is 0 Å². The van der Waals surface area contributed by atoms with Gasteiger partial charge in [-0.25, -0.2) is 13.2 Å². The summed E-state index contributed by atoms with van der Waals surface area (Å²) in [5, 5.41) is 0.172. The minimum Gasteiger partial charge on any atom is -0.207 e. The van der Waals surface area contributed by atoms with Crippen LogP contribution in [0.3, 0.4) is 0 Å². The van der Waals surface area contributed by atoms with Crippen LogP contribution in [0.15, 0.2) is 36.4 Å². The van der Waals surface area contributed by atoms with Gasteiger partial charge >= 0.3 is 0 Å². The highest BCUT2D eigenvalue weighted by Gasteiger charge is 2.10. The smallest absolute Gasteiger partial charge is 0.131 e. The van der Waals surface area contributed by atoms with Gasteiger partial charge in [0.25, 0.3) is 0 Å². The van der Waals surface area contributed by atoms with Crippen LogP contribution < -0.4 is 0 Å². The van der Waals surface area contributed by atoms with E-state index in [1.54, 1.807) is 0 Å². The molecule has 0 radical (unpaired) electrons. The lowest BCUT2D eigenvalue weighted by atomic mass is 10.0. The van der Waals surface area contributed by atoms with E-state index >= 15 is 0 Å². The maximum absolute atomic E-state index is 13.4. The summed E-state index contributed by atoms with van der Waals surface area (Å²) < 4.78 is 39.4. The lowest BCUT2D eigenvalue weighted by molar-refractivity contribution is 0.602. The van der Waals surface area contributed by atoms with Gasteiger partial charge in [0, 0.05) is 16.1 Å². The zero-order valence-corrected chi connectivity index (χ0v) is 8.73. The third kappa shape index (κ3) is 2.04. The lowest BCUT2D eigenvalue weighted by Crippen LogP contribution is -1.88. The fourth-order valence-electron chi connectivity index (χ4n) is 1.41. The van der Waals surface area contributed by atoms with Crippen LogP contribution in [0.2, 0.25) is 5.02 Å². The number of halogens is 4. The molecule has 2 aromatic carbocycles. The molecular weight excluding hydrogens is 237 g/mol. The Kier molecular flexibility index (Phi) is 2.88. The molecule has 0 aliphatic heterocycles. The Hall–Kier alpha value is -1.48. The van der Waals surface area contributed by atoms with E-state index in [1.165, 1.54) is 6.07 Å². The van der Waals surface area contributed by atoms with E-state index in [0.29, 0.717) is 0 Å². The Labute approximate surface area is 95.3 Å². The normalized spacial score (nSPS) is 10.5. The van der Waals surface area contributed by atoms with E-state index in [2.05, 4.69) is 0 Å². The minimum atomic E-state index is -0.645. The molecule has 0 N–H and O–H groups in total. The average Bonchev–Trinajstić information content (AvgIpc) is 2.25. The molecule has 2 aromatic rings. The molecule has 4 heteroatoms. The van der Waals surface area contributed by atoms with Crippen LogP contribution in [0.25, 0.3) is 11.1 Å². The lowest BCUT2D eigenvalue weighted by Gasteiger charge is -2.06. The van der Waals surface area contributed by atoms with Gasteiger partial charge in [0.1, 0.15) is 17.5 Å². The van der Waals surface area contributed by atoms with Gasteiger partial charge in [-0.05, 0) is 36.4 Å². The first-order valence-corrected chi connectivity index (χ1v) is 4.86. The number of benzene rings is 2. The van der Waals surface area contributed by atoms with Crippen molar-refractivity contribution in [3.63, 3.8) is 0 Å². The molecule has 0 heterocycles. The maximum atomic E-state index is 13.4. The Balaban J connectivity index is 2.66. The summed E-state index contributed by atoms with van der Waals surface area (Å²) in [4.78, 5) is 0. The summed E-state index contributed by atoms with van der Waals surface area (Å²) in [6.07, 6.45) is 0. The fourth-order valence-corrected chi connectivity index (χ4v) is 1.63. The van der Waals surface area contributed by atoms with E-state index in [0.717, 1.165) is 30.3 Å². The van der Waals surface area contributed by atoms with Crippen molar-refractivity contribution in [2.45, 2.75) is 0 Å². The minimum absolute atomic E-state index is 0.0514. The first kappa shape index (κ1) is 11.0. The second kappa shape index (κ2) is 4.18. The Morgan fingerprint density at radius 2 is 1.31 bits per heavy atom. The van der Waals surface area contributed by atoms with Crippen LogP contribution in [0.1, 0.15) is 0 Å². The molecule has 0 unspecified atom stereocenters. The standard InChI is InChI=1S/C12H6ClF3/c13-11-3-1-7(14)5-9(11)10-6-8(15)2-4-12(10)16/h1-6H. The van der Waals surface area contributed by atoms with Gasteiger partial charge in [0.05, 0.1) is 0 Å². The van der Waals surface area contributed by atoms with Crippen molar-refractivity contribution in [1.82, 2.24) is 0 Å². The van der Waals surface area contributed by atoms with Gasteiger partial charge in [-0.15, -0.1) is 0 Å². The molecule has 0 spiro atoms. The number of hydrogen-bond acceptors (Lipinski definition) is 0. The summed E-state index contributed by atoms with van der Waals surface area (Å²) in [5.74, 6) is -1.80. The zero-order chi connectivity index (χ0) is 11.7. The predicted octanol–water partition coefficient (Wildman–Crippen LogP) is 4.42. The van der Waals surface area contributed by atoms with E-state index < -0.39 is 17.5 Å². The predicted molar refractivity (Wildman–Crippen MR) is 56.8 cm³/mol. The summed E-state index contributed by atoms with van der Waals surface area (Å²) in [7, 11) is 0. The highest BCUT2D eigenvalue weighted by Crippen LogP contribution is 2.30. The van der Waals surface area contributed by atoms with E-state index in [-0.39, 0.29) is 16.1 Å². The van der Waals surface area contributed by atoms with Crippen LogP contribution >= 0.6 is 11.6 Å². The summed E-state index contributed by atoms with van der Waals surface area (Å²) in [6, 6.07) is 6.48. The molecule has 0 fully saturated rings. The second-order valence-electron chi connectivity index (χ2n) is 3.25. The van der Waals surface area contributed by atoms with Crippen LogP contribution in [0.4, 0.5) is 13.2 Å². The van der Waals surface area contributed by atoms with Crippen LogP contribution in [0, 0.1) is 17.5 Å². The van der Waals surface area contributed by atoms with Gasteiger partial charge in [0.15, 0.2) is 0 Å². The van der Waals surface area contributed by atoms with Crippen molar-refractivity contribution in [1.29, 1.82) is 0 Å². The van der Waals surface area contributed by atoms with Gasteiger partial charge in [0.2, 0.25) is 0 Å². The van der Waals surface area contributed by atoms with Crippen molar-refractivity contribution in [2.24, 2.45) is 0 Å². The summed E-state index contributed by atoms with van der Waals surface area (Å²) in [5.41, 5.74) is 0.0863. The largest absolute Gasteiger partial charge is 0.207 e. The SMILES string of the molecule is Fc1ccc(F)c(-c2cc(F)ccc2Cl)c1. The Morgan fingerprint density at radius 3 is 2.00 bits per heavy atom. The van der Waals surface area contributed by atoms with Crippen molar-refractivity contribution in [3.8, 4) is 11.1 Å². The quantitative estimate of drug-likeness (QED) is 0.694. The number of hydrogen-bond donors (Lipinski definition) is 0. The third-order valence-electron chi connectivity index (χ3n) is 2.15. The molecule has 0 saturated heterocycles. The van der Waals surface area contributed by atoms with E-state index in [9.17, 15) is 13.2 Å². The van der Waals surface area contributed by atoms with Gasteiger partial charge in [-0.3, -0.25) is 0 Å². The fraction of sp³-hybridized carbons (Fsp3) is 0. The molecular formula is C12H6ClF3. The summed E-state index contributed by atoms with van der Waals surface area (Å²) >= 11 is 5.80. The van der Waals surface area contributed by atoms with Crippen LogP contribution in [0.5, 0.6) is 0 Å². The van der Waals surface area contributed by atoms with Gasteiger partial charge < -0.3 is 0 Å². The molecule has 16 heavy (non-hydrogen) atoms. The first-order chi connectivity index (χ1) is 7.58. The summed E-state index contributed by atoms with van der Waals surface area (Å²) in [6.45, 7) is 0. The van der Waals surface area contributed by atoms with Gasteiger partial charge in [-0.2, -0.15) is 0 Å². The molecule has 0 aromatic heterocycles. The number of rotatable bonds is 1. The molecule has 0 nitrogen and oxygen atoms in total. The topological polar surface area (TPSA) is 0 Å². The second-order valence-corrected chi connectivity index (χ2v) is 3.66. The molecule has 0 aliphatic rings. The van der Waals surface area contributed by atoms with E-state index in [1.807, 2.05) is 0 Å². The molecule has 0 amide bonds. The average molecular weight is 243 g/mol. The van der Waals surface area contributed by atoms with Crippen molar-refractivity contribution < 1.29 is 13.2 Å². The van der Waals surface area contributed by atoms with Crippen molar-refractivity contribution >= 4 is 11.6 Å². The molecule has 0 atom stereocenters.